The molecule has 1 aliphatic heterocycles. The van der Waals surface area contributed by atoms with Crippen molar-refractivity contribution in [3.8, 4) is 11.5 Å². The normalized spacial score (nSPS) is 14.0. The average molecular weight is 427 g/mol. The van der Waals surface area contributed by atoms with Crippen LogP contribution in [0.3, 0.4) is 0 Å². The fourth-order valence-electron chi connectivity index (χ4n) is 4.36. The van der Waals surface area contributed by atoms with Gasteiger partial charge < -0.3 is 14.9 Å². The molecule has 162 valence electrons. The van der Waals surface area contributed by atoms with Gasteiger partial charge in [0.05, 0.1) is 5.56 Å². The molecule has 1 aliphatic rings. The maximum atomic E-state index is 12.9. The lowest BCUT2D eigenvalue weighted by Gasteiger charge is -2.31. The van der Waals surface area contributed by atoms with Crippen molar-refractivity contribution in [1.82, 2.24) is 0 Å². The fourth-order valence-corrected chi connectivity index (χ4v) is 4.36. The van der Waals surface area contributed by atoms with E-state index in [4.69, 9.17) is 4.74 Å². The van der Waals surface area contributed by atoms with Crippen molar-refractivity contribution in [2.45, 2.75) is 32.3 Å². The van der Waals surface area contributed by atoms with Gasteiger partial charge in [-0.2, -0.15) is 0 Å². The van der Waals surface area contributed by atoms with Crippen molar-refractivity contribution in [3.63, 3.8) is 0 Å². The number of aromatic hydroxyl groups is 2. The molecular formula is C28H26O4. The fraction of sp³-hybridized carbons (Fsp3) is 0.179. The van der Waals surface area contributed by atoms with Gasteiger partial charge in [-0.3, -0.25) is 0 Å². The van der Waals surface area contributed by atoms with Gasteiger partial charge in [-0.05, 0) is 68.1 Å². The molecule has 4 rings (SSSR count). The van der Waals surface area contributed by atoms with Crippen LogP contribution in [0, 0.1) is 0 Å². The van der Waals surface area contributed by atoms with Gasteiger partial charge in [0.15, 0.2) is 5.60 Å². The maximum Gasteiger partial charge on any atom is 0.340 e. The standard InChI is InChI=1S/C28H26O4/c1-17(2)13-19-15-21(9-11-25(19)29)28(24-8-6-5-7-23(24)27(31)32-28)22-10-12-26(30)20(16-22)14-18(3)4/h5-12,15-16,29-30H,1,3,13-14H2,2,4H3. The molecule has 0 atom stereocenters. The van der Waals surface area contributed by atoms with E-state index in [0.717, 1.165) is 27.8 Å². The minimum Gasteiger partial charge on any atom is -0.508 e. The number of hydrogen-bond donors (Lipinski definition) is 2. The molecule has 3 aromatic carbocycles. The molecule has 0 unspecified atom stereocenters. The highest BCUT2D eigenvalue weighted by atomic mass is 16.6. The second-order valence-corrected chi connectivity index (χ2v) is 8.57. The van der Waals surface area contributed by atoms with Crippen LogP contribution >= 0.6 is 0 Å². The van der Waals surface area contributed by atoms with Crippen molar-refractivity contribution < 1.29 is 19.7 Å². The molecule has 0 bridgehead atoms. The summed E-state index contributed by atoms with van der Waals surface area (Å²) in [7, 11) is 0. The number of allylic oxidation sites excluding steroid dienone is 2. The number of hydrogen-bond acceptors (Lipinski definition) is 4. The molecule has 0 aromatic heterocycles. The second kappa shape index (κ2) is 8.04. The molecule has 0 amide bonds. The molecule has 2 N–H and O–H groups in total. The van der Waals surface area contributed by atoms with Crippen molar-refractivity contribution in [2.24, 2.45) is 0 Å². The Bertz CT molecular complexity index is 1190. The minimum absolute atomic E-state index is 0.165. The van der Waals surface area contributed by atoms with E-state index < -0.39 is 11.6 Å². The van der Waals surface area contributed by atoms with Crippen molar-refractivity contribution in [3.05, 3.63) is 118 Å². The summed E-state index contributed by atoms with van der Waals surface area (Å²) in [5.41, 5.74) is 4.68. The summed E-state index contributed by atoms with van der Waals surface area (Å²) in [6.07, 6.45) is 1.00. The molecule has 4 heteroatoms. The number of benzene rings is 3. The van der Waals surface area contributed by atoms with Crippen LogP contribution in [0.1, 0.15) is 52.0 Å². The van der Waals surface area contributed by atoms with E-state index in [1.807, 2.05) is 44.2 Å². The number of ether oxygens (including phenoxy) is 1. The monoisotopic (exact) mass is 426 g/mol. The maximum absolute atomic E-state index is 12.9. The highest BCUT2D eigenvalue weighted by molar-refractivity contribution is 5.96. The zero-order chi connectivity index (χ0) is 23.0. The van der Waals surface area contributed by atoms with Crippen LogP contribution < -0.4 is 0 Å². The summed E-state index contributed by atoms with van der Waals surface area (Å²) in [6.45, 7) is 11.7. The van der Waals surface area contributed by atoms with E-state index in [1.165, 1.54) is 0 Å². The Hall–Kier alpha value is -3.79. The van der Waals surface area contributed by atoms with E-state index in [-0.39, 0.29) is 11.5 Å². The smallest absolute Gasteiger partial charge is 0.340 e. The van der Waals surface area contributed by atoms with Gasteiger partial charge in [-0.1, -0.05) is 54.6 Å². The number of carbonyl (C=O) groups is 1. The summed E-state index contributed by atoms with van der Waals surface area (Å²) in [6, 6.07) is 17.9. The Morgan fingerprint density at radius 2 is 1.34 bits per heavy atom. The lowest BCUT2D eigenvalue weighted by Crippen LogP contribution is -2.30. The summed E-state index contributed by atoms with van der Waals surface area (Å²) in [5, 5.41) is 20.8. The third-order valence-electron chi connectivity index (χ3n) is 5.73. The minimum atomic E-state index is -1.21. The molecule has 0 saturated carbocycles. The first-order chi connectivity index (χ1) is 15.2. The van der Waals surface area contributed by atoms with Crippen molar-refractivity contribution >= 4 is 5.97 Å². The van der Waals surface area contributed by atoms with Gasteiger partial charge in [0.1, 0.15) is 11.5 Å². The topological polar surface area (TPSA) is 66.8 Å². The number of cyclic esters (lactones) is 1. The molecule has 4 nitrogen and oxygen atoms in total. The first-order valence-corrected chi connectivity index (χ1v) is 10.5. The van der Waals surface area contributed by atoms with Crippen LogP contribution in [0.2, 0.25) is 0 Å². The molecule has 0 fully saturated rings. The third-order valence-corrected chi connectivity index (χ3v) is 5.73. The summed E-state index contributed by atoms with van der Waals surface area (Å²) in [4.78, 5) is 12.9. The molecule has 0 saturated heterocycles. The highest BCUT2D eigenvalue weighted by Gasteiger charge is 2.48. The van der Waals surface area contributed by atoms with Crippen LogP contribution in [0.25, 0.3) is 0 Å². The SMILES string of the molecule is C=C(C)Cc1cc(C2(c3ccc(O)c(CC(=C)C)c3)OC(=O)c3ccccc32)ccc1O. The molecule has 1 heterocycles. The van der Waals surface area contributed by atoms with Crippen molar-refractivity contribution in [1.29, 1.82) is 0 Å². The number of phenols is 2. The van der Waals surface area contributed by atoms with Gasteiger partial charge in [0.2, 0.25) is 0 Å². The number of carbonyl (C=O) groups excluding carboxylic acids is 1. The van der Waals surface area contributed by atoms with E-state index in [9.17, 15) is 15.0 Å². The van der Waals surface area contributed by atoms with Crippen LogP contribution in [-0.4, -0.2) is 16.2 Å². The van der Waals surface area contributed by atoms with Gasteiger partial charge >= 0.3 is 5.97 Å². The van der Waals surface area contributed by atoms with Crippen molar-refractivity contribution in [2.75, 3.05) is 0 Å². The van der Waals surface area contributed by atoms with E-state index in [1.54, 1.807) is 30.3 Å². The van der Waals surface area contributed by atoms with E-state index in [2.05, 4.69) is 13.2 Å². The molecule has 0 aliphatic carbocycles. The first-order valence-electron chi connectivity index (χ1n) is 10.5. The number of esters is 1. The third kappa shape index (κ3) is 3.58. The second-order valence-electron chi connectivity index (χ2n) is 8.57. The Kier molecular flexibility index (Phi) is 5.39. The largest absolute Gasteiger partial charge is 0.508 e. The quantitative estimate of drug-likeness (QED) is 0.386. The predicted molar refractivity (Wildman–Crippen MR) is 125 cm³/mol. The molecule has 3 aromatic rings. The summed E-state index contributed by atoms with van der Waals surface area (Å²) >= 11 is 0. The Balaban J connectivity index is 2.01. The predicted octanol–water partition coefficient (Wildman–Crippen LogP) is 5.80. The van der Waals surface area contributed by atoms with Crippen LogP contribution in [0.5, 0.6) is 11.5 Å². The van der Waals surface area contributed by atoms with Gasteiger partial charge in [0, 0.05) is 16.7 Å². The number of fused-ring (bicyclic) bond motifs is 1. The Morgan fingerprint density at radius 3 is 1.84 bits per heavy atom. The van der Waals surface area contributed by atoms with Crippen LogP contribution in [-0.2, 0) is 23.2 Å². The number of phenolic OH excluding ortho intramolecular Hbond substituents is 2. The Labute approximate surface area is 188 Å². The Morgan fingerprint density at radius 1 is 0.844 bits per heavy atom. The van der Waals surface area contributed by atoms with E-state index in [0.29, 0.717) is 29.5 Å². The lowest BCUT2D eigenvalue weighted by molar-refractivity contribution is 0.0251. The summed E-state index contributed by atoms with van der Waals surface area (Å²) in [5.74, 6) is -0.0824. The molecular weight excluding hydrogens is 400 g/mol. The van der Waals surface area contributed by atoms with E-state index >= 15 is 0 Å². The highest BCUT2D eigenvalue weighted by Crippen LogP contribution is 2.48. The zero-order valence-electron chi connectivity index (χ0n) is 18.3. The summed E-state index contributed by atoms with van der Waals surface area (Å²) < 4.78 is 6.14. The molecule has 0 spiro atoms. The number of rotatable bonds is 6. The average Bonchev–Trinajstić information content (AvgIpc) is 3.04. The molecule has 0 radical (unpaired) electrons. The van der Waals surface area contributed by atoms with Gasteiger partial charge in [-0.25, -0.2) is 4.79 Å². The van der Waals surface area contributed by atoms with Gasteiger partial charge in [-0.15, -0.1) is 0 Å². The van der Waals surface area contributed by atoms with Gasteiger partial charge in [0.25, 0.3) is 0 Å². The first kappa shape index (κ1) is 21.4. The zero-order valence-corrected chi connectivity index (χ0v) is 18.3. The molecule has 32 heavy (non-hydrogen) atoms. The lowest BCUT2D eigenvalue weighted by atomic mass is 9.78. The van der Waals surface area contributed by atoms with Crippen LogP contribution in [0.4, 0.5) is 0 Å². The van der Waals surface area contributed by atoms with Crippen LogP contribution in [0.15, 0.2) is 85.0 Å².